The average Bonchev–Trinajstić information content (AvgIpc) is 2.99. The van der Waals surface area contributed by atoms with Crippen molar-refractivity contribution in [2.45, 2.75) is 12.8 Å². The second-order valence-corrected chi connectivity index (χ2v) is 7.07. The molecule has 1 fully saturated rings. The first-order valence-corrected chi connectivity index (χ1v) is 8.59. The molecule has 1 aromatic carbocycles. The molecule has 1 unspecified atom stereocenters. The molecule has 1 atom stereocenters. The molecule has 1 aliphatic heterocycles. The number of piperidine rings is 1. The highest BCUT2D eigenvalue weighted by Crippen LogP contribution is 2.30. The van der Waals surface area contributed by atoms with E-state index in [1.54, 1.807) is 0 Å². The molecule has 0 saturated carbocycles. The molecule has 21 heavy (non-hydrogen) atoms. The Bertz CT molecular complexity index is 628. The fourth-order valence-corrected chi connectivity index (χ4v) is 3.43. The van der Waals surface area contributed by atoms with Gasteiger partial charge in [0.05, 0.1) is 0 Å². The molecule has 0 spiro atoms. The lowest BCUT2D eigenvalue weighted by atomic mass is 9.99. The van der Waals surface area contributed by atoms with Crippen molar-refractivity contribution in [2.24, 2.45) is 11.7 Å². The second kappa shape index (κ2) is 6.46. The van der Waals surface area contributed by atoms with Crippen molar-refractivity contribution in [3.63, 3.8) is 0 Å². The first kappa shape index (κ1) is 15.0. The fourth-order valence-electron chi connectivity index (χ4n) is 2.63. The summed E-state index contributed by atoms with van der Waals surface area (Å²) in [7, 11) is 0. The van der Waals surface area contributed by atoms with Crippen LogP contribution in [0.1, 0.15) is 12.8 Å². The first-order chi connectivity index (χ1) is 10.2. The Labute approximate surface area is 140 Å². The molecule has 2 aromatic rings. The Hall–Kier alpha value is -0.920. The van der Waals surface area contributed by atoms with Gasteiger partial charge in [-0.15, -0.1) is 5.10 Å². The van der Waals surface area contributed by atoms with Gasteiger partial charge in [-0.05, 0) is 43.5 Å². The zero-order valence-corrected chi connectivity index (χ0v) is 14.7. The van der Waals surface area contributed by atoms with Crippen LogP contribution in [0.2, 0.25) is 0 Å². The van der Waals surface area contributed by atoms with E-state index in [0.717, 1.165) is 52.3 Å². The van der Waals surface area contributed by atoms with E-state index in [0.29, 0.717) is 5.92 Å². The van der Waals surface area contributed by atoms with E-state index in [9.17, 15) is 0 Å². The third kappa shape index (κ3) is 3.30. The van der Waals surface area contributed by atoms with Crippen molar-refractivity contribution in [1.29, 1.82) is 0 Å². The smallest absolute Gasteiger partial charge is 0.245 e. The van der Waals surface area contributed by atoms with Crippen LogP contribution in [0.5, 0.6) is 0 Å². The lowest BCUT2D eigenvalue weighted by molar-refractivity contribution is 0.420. The van der Waals surface area contributed by atoms with Crippen LogP contribution in [0.3, 0.4) is 0 Å². The molecule has 1 aliphatic rings. The van der Waals surface area contributed by atoms with E-state index in [4.69, 9.17) is 5.73 Å². The van der Waals surface area contributed by atoms with Crippen molar-refractivity contribution < 1.29 is 0 Å². The number of rotatable bonds is 3. The fraction of sp³-hybridized carbons (Fsp3) is 0.429. The van der Waals surface area contributed by atoms with E-state index in [1.165, 1.54) is 6.42 Å². The number of aromatic nitrogens is 3. The maximum Gasteiger partial charge on any atom is 0.245 e. The standard InChI is InChI=1S/C14H17Br2N5/c15-10-3-4-12(16)11(6-10)13-18-14(20-19-13)21-5-1-2-9(7-17)8-21/h3-4,6,9H,1-2,5,7-8,17H2,(H,18,19,20). The second-order valence-electron chi connectivity index (χ2n) is 5.30. The number of nitrogens with two attached hydrogens (primary N) is 1. The van der Waals surface area contributed by atoms with Gasteiger partial charge in [0.25, 0.3) is 0 Å². The van der Waals surface area contributed by atoms with E-state index >= 15 is 0 Å². The predicted molar refractivity (Wildman–Crippen MR) is 91.2 cm³/mol. The van der Waals surface area contributed by atoms with Crippen LogP contribution in [0, 0.1) is 5.92 Å². The molecule has 3 rings (SSSR count). The van der Waals surface area contributed by atoms with Crippen molar-refractivity contribution in [3.8, 4) is 11.4 Å². The molecule has 5 nitrogen and oxygen atoms in total. The van der Waals surface area contributed by atoms with Crippen LogP contribution in [-0.4, -0.2) is 34.8 Å². The van der Waals surface area contributed by atoms with Gasteiger partial charge in [-0.1, -0.05) is 31.9 Å². The molecule has 1 saturated heterocycles. The zero-order chi connectivity index (χ0) is 14.8. The summed E-state index contributed by atoms with van der Waals surface area (Å²) in [5, 5.41) is 7.40. The molecule has 0 bridgehead atoms. The van der Waals surface area contributed by atoms with E-state index in [-0.39, 0.29) is 0 Å². The third-order valence-corrected chi connectivity index (χ3v) is 4.98. The van der Waals surface area contributed by atoms with Crippen LogP contribution >= 0.6 is 31.9 Å². The Morgan fingerprint density at radius 1 is 1.38 bits per heavy atom. The number of H-pyrrole nitrogens is 1. The quantitative estimate of drug-likeness (QED) is 0.808. The van der Waals surface area contributed by atoms with Gasteiger partial charge in [0.15, 0.2) is 5.82 Å². The number of hydrogen-bond acceptors (Lipinski definition) is 4. The Balaban J connectivity index is 1.84. The number of nitrogens with zero attached hydrogens (tertiary/aromatic N) is 3. The molecule has 1 aromatic heterocycles. The van der Waals surface area contributed by atoms with E-state index in [1.807, 2.05) is 18.2 Å². The molecule has 2 heterocycles. The summed E-state index contributed by atoms with van der Waals surface area (Å²) in [6.07, 6.45) is 2.34. The highest BCUT2D eigenvalue weighted by atomic mass is 79.9. The molecule has 0 radical (unpaired) electrons. The van der Waals surface area contributed by atoms with Crippen molar-refractivity contribution in [3.05, 3.63) is 27.1 Å². The average molecular weight is 415 g/mol. The summed E-state index contributed by atoms with van der Waals surface area (Å²) in [6.45, 7) is 2.66. The van der Waals surface area contributed by atoms with Crippen LogP contribution in [0.4, 0.5) is 5.95 Å². The van der Waals surface area contributed by atoms with E-state index in [2.05, 4.69) is 51.9 Å². The Morgan fingerprint density at radius 3 is 3.05 bits per heavy atom. The number of nitrogens with one attached hydrogen (secondary N) is 1. The summed E-state index contributed by atoms with van der Waals surface area (Å²) in [4.78, 5) is 6.86. The summed E-state index contributed by atoms with van der Waals surface area (Å²) in [6, 6.07) is 6.00. The number of aromatic amines is 1. The van der Waals surface area contributed by atoms with Crippen LogP contribution in [-0.2, 0) is 0 Å². The topological polar surface area (TPSA) is 70.8 Å². The van der Waals surface area contributed by atoms with Crippen LogP contribution in [0.25, 0.3) is 11.4 Å². The highest BCUT2D eigenvalue weighted by molar-refractivity contribution is 9.11. The Kier molecular flexibility index (Phi) is 4.61. The number of benzene rings is 1. The highest BCUT2D eigenvalue weighted by Gasteiger charge is 2.22. The summed E-state index contributed by atoms with van der Waals surface area (Å²) in [5.41, 5.74) is 6.79. The molecule has 7 heteroatoms. The predicted octanol–water partition coefficient (Wildman–Crippen LogP) is 3.17. The molecule has 3 N–H and O–H groups in total. The van der Waals surface area contributed by atoms with Gasteiger partial charge in [-0.3, -0.25) is 5.10 Å². The van der Waals surface area contributed by atoms with Gasteiger partial charge >= 0.3 is 0 Å². The molecule has 0 amide bonds. The lowest BCUT2D eigenvalue weighted by Gasteiger charge is -2.31. The third-order valence-electron chi connectivity index (χ3n) is 3.79. The van der Waals surface area contributed by atoms with E-state index < -0.39 is 0 Å². The first-order valence-electron chi connectivity index (χ1n) is 7.00. The van der Waals surface area contributed by atoms with Crippen molar-refractivity contribution in [1.82, 2.24) is 15.2 Å². The minimum atomic E-state index is 0.540. The van der Waals surface area contributed by atoms with Crippen LogP contribution in [0.15, 0.2) is 27.1 Å². The van der Waals surface area contributed by atoms with Gasteiger partial charge in [0, 0.05) is 27.6 Å². The SMILES string of the molecule is NCC1CCCN(c2n[nH]c(-c3cc(Br)ccc3Br)n2)C1. The molecule has 0 aliphatic carbocycles. The van der Waals surface area contributed by atoms with Crippen molar-refractivity contribution in [2.75, 3.05) is 24.5 Å². The maximum absolute atomic E-state index is 5.79. The molecular weight excluding hydrogens is 398 g/mol. The summed E-state index contributed by atoms with van der Waals surface area (Å²) < 4.78 is 2.01. The monoisotopic (exact) mass is 413 g/mol. The van der Waals surface area contributed by atoms with Gasteiger partial charge in [-0.25, -0.2) is 0 Å². The van der Waals surface area contributed by atoms with Gasteiger partial charge in [-0.2, -0.15) is 4.98 Å². The zero-order valence-electron chi connectivity index (χ0n) is 11.5. The van der Waals surface area contributed by atoms with Gasteiger partial charge in [0.2, 0.25) is 5.95 Å². The maximum atomic E-state index is 5.79. The van der Waals surface area contributed by atoms with Crippen molar-refractivity contribution >= 4 is 37.8 Å². The minimum Gasteiger partial charge on any atom is -0.339 e. The molecular formula is C14H17Br2N5. The molecule has 112 valence electrons. The number of hydrogen-bond donors (Lipinski definition) is 2. The number of anilines is 1. The van der Waals surface area contributed by atoms with Crippen LogP contribution < -0.4 is 10.6 Å². The van der Waals surface area contributed by atoms with Gasteiger partial charge in [0.1, 0.15) is 0 Å². The number of halogens is 2. The normalized spacial score (nSPS) is 19.0. The van der Waals surface area contributed by atoms with Gasteiger partial charge < -0.3 is 10.6 Å². The lowest BCUT2D eigenvalue weighted by Crippen LogP contribution is -2.38. The summed E-state index contributed by atoms with van der Waals surface area (Å²) in [5.74, 6) is 2.07. The minimum absolute atomic E-state index is 0.540. The largest absolute Gasteiger partial charge is 0.339 e. The Morgan fingerprint density at radius 2 is 2.24 bits per heavy atom. The summed E-state index contributed by atoms with van der Waals surface area (Å²) >= 11 is 7.04.